The number of nitrogens with one attached hydrogen (secondary N) is 1. The van der Waals surface area contributed by atoms with Gasteiger partial charge in [0.15, 0.2) is 0 Å². The number of hydrogen-bond acceptors (Lipinski definition) is 2. The third-order valence-electron chi connectivity index (χ3n) is 3.60. The molecule has 2 rings (SSSR count). The van der Waals surface area contributed by atoms with E-state index in [1.807, 2.05) is 6.92 Å². The largest absolute Gasteiger partial charge is 0.310 e. The molecule has 0 aliphatic rings. The zero-order valence-corrected chi connectivity index (χ0v) is 13.1. The Hall–Kier alpha value is -1.41. The maximum atomic E-state index is 4.58. The fourth-order valence-corrected chi connectivity index (χ4v) is 2.59. The molecule has 0 saturated carbocycles. The molecule has 0 radical (unpaired) electrons. The van der Waals surface area contributed by atoms with Crippen molar-refractivity contribution in [3.05, 3.63) is 41.6 Å². The van der Waals surface area contributed by atoms with Crippen LogP contribution in [0.5, 0.6) is 0 Å². The van der Waals surface area contributed by atoms with E-state index in [2.05, 4.69) is 61.4 Å². The predicted molar refractivity (Wildman–Crippen MR) is 87.0 cm³/mol. The van der Waals surface area contributed by atoms with Crippen LogP contribution in [-0.2, 0) is 0 Å². The van der Waals surface area contributed by atoms with E-state index in [4.69, 9.17) is 0 Å². The first-order valence-corrected chi connectivity index (χ1v) is 7.71. The molecule has 2 aromatic rings. The van der Waals surface area contributed by atoms with Gasteiger partial charge in [0.05, 0.1) is 5.52 Å². The maximum absolute atomic E-state index is 4.58. The minimum absolute atomic E-state index is 0.445. The first-order chi connectivity index (χ1) is 9.60. The number of rotatable bonds is 6. The molecule has 2 heteroatoms. The average molecular weight is 270 g/mol. The zero-order chi connectivity index (χ0) is 14.5. The molecular formula is C18H26N2. The summed E-state index contributed by atoms with van der Waals surface area (Å²) in [6, 6.07) is 11.4. The quantitative estimate of drug-likeness (QED) is 0.827. The third kappa shape index (κ3) is 3.80. The molecule has 0 spiro atoms. The molecule has 0 bridgehead atoms. The number of benzene rings is 1. The lowest BCUT2D eigenvalue weighted by atomic mass is 9.95. The highest BCUT2D eigenvalue weighted by Crippen LogP contribution is 2.24. The molecule has 1 heterocycles. The van der Waals surface area contributed by atoms with Gasteiger partial charge in [-0.3, -0.25) is 4.98 Å². The lowest BCUT2D eigenvalue weighted by molar-refractivity contribution is 0.430. The highest BCUT2D eigenvalue weighted by molar-refractivity contribution is 5.79. The highest BCUT2D eigenvalue weighted by atomic mass is 14.9. The molecule has 0 saturated heterocycles. The van der Waals surface area contributed by atoms with Crippen LogP contribution in [0.25, 0.3) is 10.9 Å². The van der Waals surface area contributed by atoms with Crippen molar-refractivity contribution < 1.29 is 0 Å². The first-order valence-electron chi connectivity index (χ1n) is 7.71. The van der Waals surface area contributed by atoms with Gasteiger partial charge in [-0.05, 0) is 56.0 Å². The van der Waals surface area contributed by atoms with Gasteiger partial charge >= 0.3 is 0 Å². The summed E-state index contributed by atoms with van der Waals surface area (Å²) in [5, 5.41) is 4.91. The Morgan fingerprint density at radius 3 is 2.65 bits per heavy atom. The Kier molecular flexibility index (Phi) is 5.13. The van der Waals surface area contributed by atoms with Gasteiger partial charge in [-0.25, -0.2) is 0 Å². The molecule has 2 nitrogen and oxygen atoms in total. The fourth-order valence-electron chi connectivity index (χ4n) is 2.59. The number of pyridine rings is 1. The smallest absolute Gasteiger partial charge is 0.0705 e. The molecule has 1 aromatic carbocycles. The second-order valence-electron chi connectivity index (χ2n) is 6.04. The van der Waals surface area contributed by atoms with Crippen molar-refractivity contribution in [2.75, 3.05) is 6.54 Å². The summed E-state index contributed by atoms with van der Waals surface area (Å²) >= 11 is 0. The lowest BCUT2D eigenvalue weighted by Gasteiger charge is -2.21. The second kappa shape index (κ2) is 6.85. The van der Waals surface area contributed by atoms with Crippen molar-refractivity contribution in [2.24, 2.45) is 5.92 Å². The summed E-state index contributed by atoms with van der Waals surface area (Å²) in [5.74, 6) is 0.691. The number of nitrogens with zero attached hydrogens (tertiary/aromatic N) is 1. The van der Waals surface area contributed by atoms with Crippen molar-refractivity contribution >= 4 is 10.9 Å². The predicted octanol–water partition coefficient (Wildman–Crippen LogP) is 4.63. The van der Waals surface area contributed by atoms with E-state index in [1.54, 1.807) is 0 Å². The van der Waals surface area contributed by atoms with E-state index in [0.29, 0.717) is 12.0 Å². The van der Waals surface area contributed by atoms with Gasteiger partial charge in [0.2, 0.25) is 0 Å². The number of aryl methyl sites for hydroxylation is 1. The number of aromatic nitrogens is 1. The Balaban J connectivity index is 2.29. The topological polar surface area (TPSA) is 24.9 Å². The zero-order valence-electron chi connectivity index (χ0n) is 13.1. The van der Waals surface area contributed by atoms with Crippen LogP contribution in [-0.4, -0.2) is 11.5 Å². The van der Waals surface area contributed by atoms with Crippen molar-refractivity contribution in [2.45, 2.75) is 46.6 Å². The van der Waals surface area contributed by atoms with E-state index in [0.717, 1.165) is 17.8 Å². The summed E-state index contributed by atoms with van der Waals surface area (Å²) in [6.45, 7) is 9.89. The van der Waals surface area contributed by atoms with Gasteiger partial charge in [0.25, 0.3) is 0 Å². The van der Waals surface area contributed by atoms with E-state index in [-0.39, 0.29) is 0 Å². The number of hydrogen-bond donors (Lipinski definition) is 1. The average Bonchev–Trinajstić information content (AvgIpc) is 2.42. The van der Waals surface area contributed by atoms with Crippen molar-refractivity contribution in [1.29, 1.82) is 0 Å². The van der Waals surface area contributed by atoms with E-state index < -0.39 is 0 Å². The van der Waals surface area contributed by atoms with Gasteiger partial charge < -0.3 is 5.32 Å². The SMILES string of the molecule is CCCNC(CC(C)C)c1ccc2nc(C)ccc2c1. The Bertz CT molecular complexity index is 560. The van der Waals surface area contributed by atoms with Crippen LogP contribution in [0.3, 0.4) is 0 Å². The lowest BCUT2D eigenvalue weighted by Crippen LogP contribution is -2.23. The second-order valence-corrected chi connectivity index (χ2v) is 6.04. The minimum atomic E-state index is 0.445. The van der Waals surface area contributed by atoms with Gasteiger partial charge in [-0.2, -0.15) is 0 Å². The minimum Gasteiger partial charge on any atom is -0.310 e. The first kappa shape index (κ1) is 15.0. The fraction of sp³-hybridized carbons (Fsp3) is 0.500. The molecular weight excluding hydrogens is 244 g/mol. The van der Waals surface area contributed by atoms with Crippen LogP contribution < -0.4 is 5.32 Å². The van der Waals surface area contributed by atoms with Gasteiger partial charge in [-0.15, -0.1) is 0 Å². The van der Waals surface area contributed by atoms with E-state index in [1.165, 1.54) is 23.8 Å². The van der Waals surface area contributed by atoms with Crippen molar-refractivity contribution in [1.82, 2.24) is 10.3 Å². The Morgan fingerprint density at radius 2 is 1.95 bits per heavy atom. The third-order valence-corrected chi connectivity index (χ3v) is 3.60. The molecule has 1 N–H and O–H groups in total. The van der Waals surface area contributed by atoms with Gasteiger partial charge in [-0.1, -0.05) is 32.9 Å². The molecule has 0 aliphatic heterocycles. The molecule has 0 aliphatic carbocycles. The Labute approximate surface area is 122 Å². The van der Waals surface area contributed by atoms with Crippen LogP contribution in [0.4, 0.5) is 0 Å². The van der Waals surface area contributed by atoms with Crippen LogP contribution in [0.2, 0.25) is 0 Å². The standard InChI is InChI=1S/C18H26N2/c1-5-10-19-18(11-13(2)3)16-8-9-17-15(12-16)7-6-14(4)20-17/h6-9,12-13,18-19H,5,10-11H2,1-4H3. The summed E-state index contributed by atoms with van der Waals surface area (Å²) in [7, 11) is 0. The summed E-state index contributed by atoms with van der Waals surface area (Å²) in [4.78, 5) is 4.58. The van der Waals surface area contributed by atoms with E-state index in [9.17, 15) is 0 Å². The van der Waals surface area contributed by atoms with Gasteiger partial charge in [0.1, 0.15) is 0 Å². The van der Waals surface area contributed by atoms with Crippen LogP contribution in [0, 0.1) is 12.8 Å². The Morgan fingerprint density at radius 1 is 1.15 bits per heavy atom. The number of fused-ring (bicyclic) bond motifs is 1. The molecule has 1 unspecified atom stereocenters. The monoisotopic (exact) mass is 270 g/mol. The van der Waals surface area contributed by atoms with Crippen LogP contribution in [0.1, 0.15) is 50.9 Å². The van der Waals surface area contributed by atoms with E-state index >= 15 is 0 Å². The van der Waals surface area contributed by atoms with Crippen LogP contribution in [0.15, 0.2) is 30.3 Å². The highest BCUT2D eigenvalue weighted by Gasteiger charge is 2.13. The molecule has 0 fully saturated rings. The molecule has 20 heavy (non-hydrogen) atoms. The molecule has 108 valence electrons. The molecule has 1 atom stereocenters. The summed E-state index contributed by atoms with van der Waals surface area (Å²) in [5.41, 5.74) is 3.55. The summed E-state index contributed by atoms with van der Waals surface area (Å²) < 4.78 is 0. The van der Waals surface area contributed by atoms with Crippen LogP contribution >= 0.6 is 0 Å². The summed E-state index contributed by atoms with van der Waals surface area (Å²) in [6.07, 6.45) is 2.34. The van der Waals surface area contributed by atoms with Crippen molar-refractivity contribution in [3.63, 3.8) is 0 Å². The molecule has 0 amide bonds. The normalized spacial score (nSPS) is 13.1. The maximum Gasteiger partial charge on any atom is 0.0705 e. The molecule has 1 aromatic heterocycles. The van der Waals surface area contributed by atoms with Crippen molar-refractivity contribution in [3.8, 4) is 0 Å². The van der Waals surface area contributed by atoms with Gasteiger partial charge in [0, 0.05) is 17.1 Å².